The first-order valence-corrected chi connectivity index (χ1v) is 10.4. The fraction of sp³-hybridized carbons (Fsp3) is 0.364. The van der Waals surface area contributed by atoms with Gasteiger partial charge in [-0.3, -0.25) is 9.59 Å². The van der Waals surface area contributed by atoms with E-state index in [2.05, 4.69) is 17.4 Å². The van der Waals surface area contributed by atoms with Gasteiger partial charge in [0.05, 0.1) is 5.75 Å². The van der Waals surface area contributed by atoms with Gasteiger partial charge < -0.3 is 10.2 Å². The summed E-state index contributed by atoms with van der Waals surface area (Å²) in [5, 5.41) is 2.82. The molecule has 2 aromatic rings. The maximum absolute atomic E-state index is 12.9. The van der Waals surface area contributed by atoms with Crippen molar-refractivity contribution in [1.82, 2.24) is 10.2 Å². The summed E-state index contributed by atoms with van der Waals surface area (Å²) in [5.74, 6) is 0.996. The van der Waals surface area contributed by atoms with Crippen molar-refractivity contribution in [3.8, 4) is 0 Å². The molecule has 0 heterocycles. The van der Waals surface area contributed by atoms with Crippen molar-refractivity contribution in [1.29, 1.82) is 0 Å². The van der Waals surface area contributed by atoms with E-state index < -0.39 is 6.04 Å². The number of carbonyl (C=O) groups excluding carboxylic acids is 2. The van der Waals surface area contributed by atoms with Gasteiger partial charge in [0.2, 0.25) is 11.8 Å². The fourth-order valence-corrected chi connectivity index (χ4v) is 3.66. The summed E-state index contributed by atoms with van der Waals surface area (Å²) in [6.45, 7) is 6.70. The number of amides is 2. The van der Waals surface area contributed by atoms with Gasteiger partial charge in [-0.15, -0.1) is 11.8 Å². The molecule has 2 aromatic carbocycles. The molecule has 2 rings (SSSR count). The largest absolute Gasteiger partial charge is 0.355 e. The Bertz CT molecular complexity index is 749. The van der Waals surface area contributed by atoms with Crippen LogP contribution in [0.3, 0.4) is 0 Å². The summed E-state index contributed by atoms with van der Waals surface area (Å²) in [6, 6.07) is 17.6. The highest BCUT2D eigenvalue weighted by molar-refractivity contribution is 7.99. The molecule has 144 valence electrons. The Morgan fingerprint density at radius 1 is 1.07 bits per heavy atom. The van der Waals surface area contributed by atoms with Gasteiger partial charge in [-0.05, 0) is 37.5 Å². The van der Waals surface area contributed by atoms with Crippen LogP contribution in [0.5, 0.6) is 0 Å². The van der Waals surface area contributed by atoms with Gasteiger partial charge in [0.1, 0.15) is 6.04 Å². The molecule has 5 heteroatoms. The SMILES string of the molecule is CCNC(=O)[C@H](C)N(Cc1ccccc1C)C(=O)CSCc1ccccc1. The molecule has 27 heavy (non-hydrogen) atoms. The van der Waals surface area contributed by atoms with Crippen LogP contribution >= 0.6 is 11.8 Å². The van der Waals surface area contributed by atoms with Gasteiger partial charge in [-0.1, -0.05) is 54.6 Å². The quantitative estimate of drug-likeness (QED) is 0.716. The highest BCUT2D eigenvalue weighted by Crippen LogP contribution is 2.17. The van der Waals surface area contributed by atoms with E-state index in [0.717, 1.165) is 16.9 Å². The number of rotatable bonds is 9. The molecule has 0 fully saturated rings. The highest BCUT2D eigenvalue weighted by atomic mass is 32.2. The number of nitrogens with zero attached hydrogens (tertiary/aromatic N) is 1. The van der Waals surface area contributed by atoms with Gasteiger partial charge in [0.15, 0.2) is 0 Å². The summed E-state index contributed by atoms with van der Waals surface area (Å²) in [6.07, 6.45) is 0. The third-order valence-electron chi connectivity index (χ3n) is 4.46. The number of hydrogen-bond donors (Lipinski definition) is 1. The van der Waals surface area contributed by atoms with Crippen molar-refractivity contribution in [2.24, 2.45) is 0 Å². The van der Waals surface area contributed by atoms with E-state index in [4.69, 9.17) is 0 Å². The molecule has 0 bridgehead atoms. The molecule has 1 N–H and O–H groups in total. The minimum Gasteiger partial charge on any atom is -0.355 e. The predicted octanol–water partition coefficient (Wildman–Crippen LogP) is 3.78. The number of hydrogen-bond acceptors (Lipinski definition) is 3. The molecule has 0 aromatic heterocycles. The zero-order chi connectivity index (χ0) is 19.6. The average molecular weight is 385 g/mol. The Balaban J connectivity index is 2.06. The van der Waals surface area contributed by atoms with Crippen LogP contribution in [0.2, 0.25) is 0 Å². The number of thioether (sulfide) groups is 1. The Labute approximate surface area is 166 Å². The summed E-state index contributed by atoms with van der Waals surface area (Å²) in [7, 11) is 0. The van der Waals surface area contributed by atoms with Gasteiger partial charge in [-0.2, -0.15) is 0 Å². The van der Waals surface area contributed by atoms with Crippen molar-refractivity contribution in [2.75, 3.05) is 12.3 Å². The summed E-state index contributed by atoms with van der Waals surface area (Å²) in [5.41, 5.74) is 3.38. The van der Waals surface area contributed by atoms with Crippen LogP contribution in [-0.4, -0.2) is 35.1 Å². The first-order valence-electron chi connectivity index (χ1n) is 9.26. The number of benzene rings is 2. The van der Waals surface area contributed by atoms with E-state index in [1.807, 2.05) is 56.3 Å². The average Bonchev–Trinajstić information content (AvgIpc) is 2.67. The van der Waals surface area contributed by atoms with E-state index in [-0.39, 0.29) is 11.8 Å². The van der Waals surface area contributed by atoms with Crippen molar-refractivity contribution in [3.63, 3.8) is 0 Å². The lowest BCUT2D eigenvalue weighted by molar-refractivity contribution is -0.138. The lowest BCUT2D eigenvalue weighted by Gasteiger charge is -2.29. The fourth-order valence-electron chi connectivity index (χ4n) is 2.79. The molecule has 0 aliphatic heterocycles. The van der Waals surface area contributed by atoms with Crippen molar-refractivity contribution >= 4 is 23.6 Å². The summed E-state index contributed by atoms with van der Waals surface area (Å²) >= 11 is 1.58. The van der Waals surface area contributed by atoms with Gasteiger partial charge in [-0.25, -0.2) is 0 Å². The van der Waals surface area contributed by atoms with E-state index in [9.17, 15) is 9.59 Å². The Kier molecular flexibility index (Phi) is 8.40. The van der Waals surface area contributed by atoms with Gasteiger partial charge in [0, 0.05) is 18.8 Å². The first kappa shape index (κ1) is 21.0. The van der Waals surface area contributed by atoms with Crippen LogP contribution in [-0.2, 0) is 21.9 Å². The second-order valence-electron chi connectivity index (χ2n) is 6.50. The maximum Gasteiger partial charge on any atom is 0.242 e. The molecule has 0 spiro atoms. The van der Waals surface area contributed by atoms with Gasteiger partial charge >= 0.3 is 0 Å². The minimum absolute atomic E-state index is 0.0158. The second-order valence-corrected chi connectivity index (χ2v) is 7.48. The van der Waals surface area contributed by atoms with Crippen LogP contribution in [0.15, 0.2) is 54.6 Å². The zero-order valence-corrected chi connectivity index (χ0v) is 17.1. The normalized spacial score (nSPS) is 11.7. The smallest absolute Gasteiger partial charge is 0.242 e. The number of carbonyl (C=O) groups is 2. The van der Waals surface area contributed by atoms with Crippen LogP contribution in [0.1, 0.15) is 30.5 Å². The Hall–Kier alpha value is -2.27. The van der Waals surface area contributed by atoms with E-state index in [1.54, 1.807) is 23.6 Å². The number of nitrogens with one attached hydrogen (secondary N) is 1. The van der Waals surface area contributed by atoms with Crippen molar-refractivity contribution in [2.45, 2.75) is 39.1 Å². The summed E-state index contributed by atoms with van der Waals surface area (Å²) < 4.78 is 0. The zero-order valence-electron chi connectivity index (χ0n) is 16.3. The number of likely N-dealkylation sites (N-methyl/N-ethyl adjacent to an activating group) is 1. The molecule has 4 nitrogen and oxygen atoms in total. The molecular weight excluding hydrogens is 356 g/mol. The minimum atomic E-state index is -0.505. The van der Waals surface area contributed by atoms with E-state index in [0.29, 0.717) is 18.8 Å². The third-order valence-corrected chi connectivity index (χ3v) is 5.45. The number of aryl methyl sites for hydroxylation is 1. The van der Waals surface area contributed by atoms with Crippen LogP contribution in [0.25, 0.3) is 0 Å². The van der Waals surface area contributed by atoms with Crippen LogP contribution in [0.4, 0.5) is 0 Å². The maximum atomic E-state index is 12.9. The van der Waals surface area contributed by atoms with Crippen molar-refractivity contribution in [3.05, 3.63) is 71.3 Å². The Morgan fingerprint density at radius 3 is 2.41 bits per heavy atom. The molecule has 0 saturated carbocycles. The monoisotopic (exact) mass is 384 g/mol. The molecule has 1 atom stereocenters. The molecule has 0 radical (unpaired) electrons. The molecular formula is C22H28N2O2S. The predicted molar refractivity (Wildman–Crippen MR) is 112 cm³/mol. The standard InChI is InChI=1S/C22H28N2O2S/c1-4-23-22(26)18(3)24(14-20-13-9-8-10-17(20)2)21(25)16-27-15-19-11-6-5-7-12-19/h5-13,18H,4,14-16H2,1-3H3,(H,23,26)/t18-/m0/s1. The topological polar surface area (TPSA) is 49.4 Å². The van der Waals surface area contributed by atoms with Crippen LogP contribution in [0, 0.1) is 6.92 Å². The first-order chi connectivity index (χ1) is 13.0. The highest BCUT2D eigenvalue weighted by Gasteiger charge is 2.26. The van der Waals surface area contributed by atoms with E-state index >= 15 is 0 Å². The lowest BCUT2D eigenvalue weighted by Crippen LogP contribution is -2.48. The molecule has 0 unspecified atom stereocenters. The Morgan fingerprint density at radius 2 is 1.74 bits per heavy atom. The van der Waals surface area contributed by atoms with Gasteiger partial charge in [0.25, 0.3) is 0 Å². The lowest BCUT2D eigenvalue weighted by atomic mass is 10.1. The second kappa shape index (κ2) is 10.8. The molecule has 2 amide bonds. The molecule has 0 saturated heterocycles. The van der Waals surface area contributed by atoms with Crippen LogP contribution < -0.4 is 5.32 Å². The van der Waals surface area contributed by atoms with E-state index in [1.165, 1.54) is 5.56 Å². The van der Waals surface area contributed by atoms with Crippen molar-refractivity contribution < 1.29 is 9.59 Å². The summed E-state index contributed by atoms with van der Waals surface area (Å²) in [4.78, 5) is 27.0. The molecule has 0 aliphatic carbocycles. The third kappa shape index (κ3) is 6.43. The molecule has 0 aliphatic rings.